The van der Waals surface area contributed by atoms with E-state index in [1.807, 2.05) is 13.1 Å². The van der Waals surface area contributed by atoms with Crippen LogP contribution in [0.4, 0.5) is 17.3 Å². The van der Waals surface area contributed by atoms with Crippen molar-refractivity contribution >= 4 is 34.1 Å². The fourth-order valence-electron chi connectivity index (χ4n) is 7.25. The van der Waals surface area contributed by atoms with Crippen LogP contribution >= 0.6 is 0 Å². The smallest absolute Gasteiger partial charge is 0.318 e. The van der Waals surface area contributed by atoms with Crippen LogP contribution in [-0.2, 0) is 13.0 Å². The average Bonchev–Trinajstić information content (AvgIpc) is 3.54. The second kappa shape index (κ2) is 14.7. The van der Waals surface area contributed by atoms with Crippen molar-refractivity contribution in [2.24, 2.45) is 9.98 Å². The number of rotatable bonds is 10. The van der Waals surface area contributed by atoms with Crippen LogP contribution in [0.25, 0.3) is 10.8 Å². The first-order valence-corrected chi connectivity index (χ1v) is 17.3. The minimum absolute atomic E-state index is 0.209. The number of hydrogen-bond donors (Lipinski definition) is 0. The van der Waals surface area contributed by atoms with E-state index in [1.54, 1.807) is 12.5 Å². The predicted molar refractivity (Wildman–Crippen MR) is 192 cm³/mol. The zero-order valence-corrected chi connectivity index (χ0v) is 28.4. The average molecular weight is 647 g/mol. The van der Waals surface area contributed by atoms with Crippen LogP contribution < -0.4 is 19.4 Å². The maximum absolute atomic E-state index is 6.37. The molecule has 11 nitrogen and oxygen atoms in total. The fraction of sp³-hybridized carbons (Fsp3) is 0.486. The Morgan fingerprint density at radius 3 is 2.65 bits per heavy atom. The highest BCUT2D eigenvalue weighted by Crippen LogP contribution is 2.36. The first-order valence-electron chi connectivity index (χ1n) is 17.3. The van der Waals surface area contributed by atoms with E-state index in [2.05, 4.69) is 95.9 Å². The number of aliphatic imine (C=N–C) groups is 2. The van der Waals surface area contributed by atoms with Crippen LogP contribution in [0.2, 0.25) is 0 Å². The molecule has 2 aromatic carbocycles. The van der Waals surface area contributed by atoms with Gasteiger partial charge in [-0.05, 0) is 75.7 Å². The van der Waals surface area contributed by atoms with Gasteiger partial charge < -0.3 is 24.3 Å². The Balaban J connectivity index is 1.06. The van der Waals surface area contributed by atoms with Crippen LogP contribution in [-0.4, -0.2) is 103 Å². The maximum Gasteiger partial charge on any atom is 0.318 e. The minimum Gasteiger partial charge on any atom is -0.462 e. The molecule has 5 heterocycles. The summed E-state index contributed by atoms with van der Waals surface area (Å²) in [5, 5.41) is 2.60. The molecule has 4 aromatic rings. The second-order valence-electron chi connectivity index (χ2n) is 13.3. The third kappa shape index (κ3) is 7.12. The number of anilines is 3. The zero-order valence-electron chi connectivity index (χ0n) is 28.4. The molecular weight excluding hydrogens is 600 g/mol. The van der Waals surface area contributed by atoms with E-state index in [4.69, 9.17) is 14.7 Å². The van der Waals surface area contributed by atoms with Crippen molar-refractivity contribution < 1.29 is 4.74 Å². The van der Waals surface area contributed by atoms with E-state index in [9.17, 15) is 0 Å². The minimum atomic E-state index is 0.209. The summed E-state index contributed by atoms with van der Waals surface area (Å²) < 4.78 is 6.37. The molecule has 2 saturated heterocycles. The summed E-state index contributed by atoms with van der Waals surface area (Å²) in [6.07, 6.45) is 8.44. The molecule has 1 atom stereocenters. The Kier molecular flexibility index (Phi) is 9.77. The van der Waals surface area contributed by atoms with E-state index in [1.165, 1.54) is 34.0 Å². The van der Waals surface area contributed by atoms with E-state index in [0.717, 1.165) is 82.3 Å². The van der Waals surface area contributed by atoms with Gasteiger partial charge in [0.1, 0.15) is 24.6 Å². The lowest BCUT2D eigenvalue weighted by Crippen LogP contribution is -2.39. The molecule has 0 bridgehead atoms. The second-order valence-corrected chi connectivity index (χ2v) is 13.3. The molecule has 3 aliphatic heterocycles. The Bertz CT molecular complexity index is 1760. The normalized spacial score (nSPS) is 18.4. The number of likely N-dealkylation sites (tertiary alicyclic amines) is 1. The lowest BCUT2D eigenvalue weighted by atomic mass is 9.99. The Hall–Kier alpha value is -4.60. The Labute approximate surface area is 283 Å². The molecule has 0 aliphatic carbocycles. The van der Waals surface area contributed by atoms with E-state index >= 15 is 0 Å². The standard InChI is InChI=1S/C37H46N10O/c1-27-7-4-8-28-9-5-11-33(35(27)28)47-21-15-31-32(23-47)42-37(48-24-30-10-6-18-44(30)2)43-36(31)46-19-13-29(14-20-46)40-25-39-17-22-45(3)34-12-16-38-26-41-34/h4-5,7-9,11-12,16,26,29-30H,6,10,13-15,17-24H2,1-3H3/t30-/m0/s1. The van der Waals surface area contributed by atoms with Gasteiger partial charge in [0.15, 0.2) is 0 Å². The number of aromatic nitrogens is 4. The highest BCUT2D eigenvalue weighted by molar-refractivity contribution is 5.97. The molecule has 250 valence electrons. The van der Waals surface area contributed by atoms with Gasteiger partial charge in [-0.2, -0.15) is 9.97 Å². The molecule has 7 rings (SSSR count). The van der Waals surface area contributed by atoms with Gasteiger partial charge in [0.25, 0.3) is 0 Å². The van der Waals surface area contributed by atoms with E-state index < -0.39 is 0 Å². The zero-order chi connectivity index (χ0) is 32.9. The number of piperidine rings is 1. The Morgan fingerprint density at radius 1 is 1.00 bits per heavy atom. The number of aryl methyl sites for hydroxylation is 1. The highest BCUT2D eigenvalue weighted by atomic mass is 16.5. The van der Waals surface area contributed by atoms with Crippen LogP contribution in [0, 0.1) is 6.92 Å². The van der Waals surface area contributed by atoms with E-state index in [0.29, 0.717) is 25.2 Å². The number of nitrogens with zero attached hydrogens (tertiary/aromatic N) is 10. The molecule has 0 N–H and O–H groups in total. The summed E-state index contributed by atoms with van der Waals surface area (Å²) in [6, 6.07) is 19.2. The van der Waals surface area contributed by atoms with Crippen molar-refractivity contribution in [1.29, 1.82) is 0 Å². The van der Waals surface area contributed by atoms with Gasteiger partial charge in [0.05, 0.1) is 30.8 Å². The van der Waals surface area contributed by atoms with Crippen LogP contribution in [0.5, 0.6) is 6.01 Å². The fourth-order valence-corrected chi connectivity index (χ4v) is 7.25. The number of likely N-dealkylation sites (N-methyl/N-ethyl adjacent to an activating group) is 2. The van der Waals surface area contributed by atoms with Crippen molar-refractivity contribution in [3.63, 3.8) is 0 Å². The van der Waals surface area contributed by atoms with Crippen molar-refractivity contribution in [3.8, 4) is 6.01 Å². The summed E-state index contributed by atoms with van der Waals surface area (Å²) in [6.45, 7) is 8.73. The largest absolute Gasteiger partial charge is 0.462 e. The number of fused-ring (bicyclic) bond motifs is 2. The molecule has 48 heavy (non-hydrogen) atoms. The van der Waals surface area contributed by atoms with Gasteiger partial charge in [-0.1, -0.05) is 30.3 Å². The number of hydrogen-bond acceptors (Lipinski definition) is 11. The predicted octanol–water partition coefficient (Wildman–Crippen LogP) is 5.04. The van der Waals surface area contributed by atoms with Crippen LogP contribution in [0.1, 0.15) is 42.5 Å². The van der Waals surface area contributed by atoms with Crippen molar-refractivity contribution in [2.45, 2.75) is 57.7 Å². The quantitative estimate of drug-likeness (QED) is 0.220. The Morgan fingerprint density at radius 2 is 1.85 bits per heavy atom. The molecular formula is C37H46N10O. The monoisotopic (exact) mass is 646 g/mol. The van der Waals surface area contributed by atoms with Crippen LogP contribution in [0.3, 0.4) is 0 Å². The van der Waals surface area contributed by atoms with Gasteiger partial charge in [0.2, 0.25) is 0 Å². The lowest BCUT2D eigenvalue weighted by molar-refractivity contribution is 0.187. The highest BCUT2D eigenvalue weighted by Gasteiger charge is 2.29. The van der Waals surface area contributed by atoms with E-state index in [-0.39, 0.29) is 6.04 Å². The SMILES string of the molecule is Cc1cccc2cccc(N3CCc4c(nc(OC[C@@H]5CCCN5C)nc4N4CCC(N=C=NCCN(C)c5ccncn5)CC4)C3)c12. The van der Waals surface area contributed by atoms with Crippen LogP contribution in [0.15, 0.2) is 65.0 Å². The first-order chi connectivity index (χ1) is 23.5. The maximum atomic E-state index is 6.37. The van der Waals surface area contributed by atoms with Crippen molar-refractivity contribution in [2.75, 3.05) is 74.7 Å². The summed E-state index contributed by atoms with van der Waals surface area (Å²) in [7, 11) is 4.18. The van der Waals surface area contributed by atoms with Crippen molar-refractivity contribution in [3.05, 3.63) is 71.8 Å². The number of benzene rings is 2. The van der Waals surface area contributed by atoms with Crippen molar-refractivity contribution in [1.82, 2.24) is 24.8 Å². The molecule has 11 heteroatoms. The first kappa shape index (κ1) is 32.0. The summed E-state index contributed by atoms with van der Waals surface area (Å²) in [5.74, 6) is 1.92. The molecule has 2 aromatic heterocycles. The lowest BCUT2D eigenvalue weighted by Gasteiger charge is -2.36. The topological polar surface area (TPSA) is 98.5 Å². The molecule has 0 spiro atoms. The third-order valence-electron chi connectivity index (χ3n) is 10.1. The van der Waals surface area contributed by atoms with Gasteiger partial charge >= 0.3 is 6.01 Å². The van der Waals surface area contributed by atoms with Gasteiger partial charge in [0, 0.05) is 62.1 Å². The molecule has 2 fully saturated rings. The van der Waals surface area contributed by atoms with Gasteiger partial charge in [-0.25, -0.2) is 20.0 Å². The summed E-state index contributed by atoms with van der Waals surface area (Å²) in [4.78, 5) is 36.9. The molecule has 0 radical (unpaired) electrons. The summed E-state index contributed by atoms with van der Waals surface area (Å²) >= 11 is 0. The molecule has 0 amide bonds. The van der Waals surface area contributed by atoms with Gasteiger partial charge in [-0.15, -0.1) is 0 Å². The molecule has 0 unspecified atom stereocenters. The van der Waals surface area contributed by atoms with Gasteiger partial charge in [-0.3, -0.25) is 0 Å². The summed E-state index contributed by atoms with van der Waals surface area (Å²) in [5.41, 5.74) is 4.90. The third-order valence-corrected chi connectivity index (χ3v) is 10.1. The molecule has 0 saturated carbocycles. The molecule has 3 aliphatic rings. The number of ether oxygens (including phenoxy) is 1.